The van der Waals surface area contributed by atoms with Gasteiger partial charge in [0.05, 0.1) is 5.39 Å². The van der Waals surface area contributed by atoms with Crippen LogP contribution in [0.25, 0.3) is 10.2 Å². The highest BCUT2D eigenvalue weighted by atomic mass is 32.1. The zero-order chi connectivity index (χ0) is 14.6. The van der Waals surface area contributed by atoms with E-state index in [1.807, 2.05) is 18.2 Å². The third kappa shape index (κ3) is 1.88. The Hall–Kier alpha value is -2.14. The van der Waals surface area contributed by atoms with E-state index >= 15 is 0 Å². The summed E-state index contributed by atoms with van der Waals surface area (Å²) in [6.45, 7) is 4.15. The van der Waals surface area contributed by atoms with Gasteiger partial charge in [-0.15, -0.1) is 11.3 Å². The highest BCUT2D eigenvalue weighted by Gasteiger charge is 2.27. The molecule has 106 valence electrons. The molecule has 3 heterocycles. The van der Waals surface area contributed by atoms with Crippen molar-refractivity contribution in [2.75, 3.05) is 5.73 Å². The van der Waals surface area contributed by atoms with Crippen molar-refractivity contribution >= 4 is 27.4 Å². The molecule has 3 aromatic rings. The molecule has 0 radical (unpaired) electrons. The number of para-hydroxylation sites is 1. The van der Waals surface area contributed by atoms with Crippen LogP contribution in [0, 0.1) is 13.8 Å². The number of nitrogens with two attached hydrogens (primary N) is 1. The molecule has 21 heavy (non-hydrogen) atoms. The van der Waals surface area contributed by atoms with E-state index in [1.54, 1.807) is 11.3 Å². The second-order valence-corrected chi connectivity index (χ2v) is 6.55. The van der Waals surface area contributed by atoms with Gasteiger partial charge in [-0.25, -0.2) is 9.97 Å². The molecule has 0 aliphatic carbocycles. The van der Waals surface area contributed by atoms with Crippen molar-refractivity contribution in [2.45, 2.75) is 26.4 Å². The average molecular weight is 297 g/mol. The number of benzene rings is 1. The second-order valence-electron chi connectivity index (χ2n) is 5.35. The number of ether oxygens (including phenoxy) is 1. The minimum atomic E-state index is -0.142. The van der Waals surface area contributed by atoms with Gasteiger partial charge in [-0.2, -0.15) is 0 Å². The molecule has 0 amide bonds. The molecule has 1 aromatic carbocycles. The smallest absolute Gasteiger partial charge is 0.173 e. The zero-order valence-corrected chi connectivity index (χ0v) is 12.7. The van der Waals surface area contributed by atoms with E-state index in [9.17, 15) is 0 Å². The van der Waals surface area contributed by atoms with Crippen LogP contribution >= 0.6 is 11.3 Å². The van der Waals surface area contributed by atoms with E-state index in [4.69, 9.17) is 10.5 Å². The summed E-state index contributed by atoms with van der Waals surface area (Å²) < 4.78 is 5.96. The largest absolute Gasteiger partial charge is 0.482 e. The molecule has 0 bridgehead atoms. The lowest BCUT2D eigenvalue weighted by Crippen LogP contribution is -2.10. The molecule has 1 aliphatic rings. The Balaban J connectivity index is 1.79. The molecule has 4 nitrogen and oxygen atoms in total. The van der Waals surface area contributed by atoms with Gasteiger partial charge in [-0.3, -0.25) is 0 Å². The molecular formula is C16H15N3OS. The minimum Gasteiger partial charge on any atom is -0.482 e. The first-order chi connectivity index (χ1) is 10.1. The van der Waals surface area contributed by atoms with Gasteiger partial charge in [0.25, 0.3) is 0 Å². The van der Waals surface area contributed by atoms with Crippen molar-refractivity contribution in [3.05, 3.63) is 46.1 Å². The Morgan fingerprint density at radius 3 is 2.86 bits per heavy atom. The van der Waals surface area contributed by atoms with E-state index in [0.29, 0.717) is 11.6 Å². The molecule has 0 saturated heterocycles. The predicted molar refractivity (Wildman–Crippen MR) is 84.8 cm³/mol. The number of nitrogen functional groups attached to an aromatic ring is 1. The van der Waals surface area contributed by atoms with E-state index in [-0.39, 0.29) is 6.10 Å². The quantitative estimate of drug-likeness (QED) is 0.746. The first-order valence-corrected chi connectivity index (χ1v) is 7.73. The SMILES string of the molecule is Cc1sc2nc(C3Cc4ccccc4O3)nc(N)c2c1C. The maximum Gasteiger partial charge on any atom is 0.173 e. The fourth-order valence-corrected chi connectivity index (χ4v) is 3.81. The maximum atomic E-state index is 6.14. The number of hydrogen-bond acceptors (Lipinski definition) is 5. The summed E-state index contributed by atoms with van der Waals surface area (Å²) in [5, 5.41) is 0.983. The van der Waals surface area contributed by atoms with Gasteiger partial charge in [-0.05, 0) is 31.0 Å². The summed E-state index contributed by atoms with van der Waals surface area (Å²) in [5.41, 5.74) is 8.52. The van der Waals surface area contributed by atoms with Crippen molar-refractivity contribution in [1.29, 1.82) is 0 Å². The third-order valence-corrected chi connectivity index (χ3v) is 5.11. The van der Waals surface area contributed by atoms with E-state index in [1.165, 1.54) is 16.0 Å². The summed E-state index contributed by atoms with van der Waals surface area (Å²) in [7, 11) is 0. The topological polar surface area (TPSA) is 61.0 Å². The Labute approximate surface area is 126 Å². The second kappa shape index (κ2) is 4.43. The molecular weight excluding hydrogens is 282 g/mol. The zero-order valence-electron chi connectivity index (χ0n) is 11.9. The van der Waals surface area contributed by atoms with Gasteiger partial charge in [-0.1, -0.05) is 18.2 Å². The van der Waals surface area contributed by atoms with Crippen LogP contribution in [-0.2, 0) is 6.42 Å². The molecule has 1 aliphatic heterocycles. The highest BCUT2D eigenvalue weighted by molar-refractivity contribution is 7.18. The summed E-state index contributed by atoms with van der Waals surface area (Å²) in [5.74, 6) is 2.15. The molecule has 0 fully saturated rings. The van der Waals surface area contributed by atoms with Crippen molar-refractivity contribution < 1.29 is 4.74 Å². The van der Waals surface area contributed by atoms with Crippen LogP contribution in [0.3, 0.4) is 0 Å². The van der Waals surface area contributed by atoms with Gasteiger partial charge in [0.1, 0.15) is 16.4 Å². The lowest BCUT2D eigenvalue weighted by molar-refractivity contribution is 0.228. The van der Waals surface area contributed by atoms with Crippen LogP contribution in [-0.4, -0.2) is 9.97 Å². The first kappa shape index (κ1) is 12.6. The van der Waals surface area contributed by atoms with E-state index in [2.05, 4.69) is 29.9 Å². The standard InChI is InChI=1S/C16H15N3OS/c1-8-9(2)21-16-13(8)14(17)18-15(19-16)12-7-10-5-3-4-6-11(10)20-12/h3-6,12H,7H2,1-2H3,(H2,17,18,19). The summed E-state index contributed by atoms with van der Waals surface area (Å²) in [6.07, 6.45) is 0.654. The van der Waals surface area contributed by atoms with Crippen molar-refractivity contribution in [1.82, 2.24) is 9.97 Å². The number of aromatic nitrogens is 2. The molecule has 0 spiro atoms. The number of fused-ring (bicyclic) bond motifs is 2. The van der Waals surface area contributed by atoms with Gasteiger partial charge in [0, 0.05) is 11.3 Å². The van der Waals surface area contributed by atoms with Crippen LogP contribution in [0.4, 0.5) is 5.82 Å². The molecule has 2 N–H and O–H groups in total. The minimum absolute atomic E-state index is 0.142. The Bertz CT molecular complexity index is 831. The number of aryl methyl sites for hydroxylation is 2. The lowest BCUT2D eigenvalue weighted by atomic mass is 10.1. The fourth-order valence-electron chi connectivity index (χ4n) is 2.77. The van der Waals surface area contributed by atoms with Crippen molar-refractivity contribution in [2.24, 2.45) is 0 Å². The maximum absolute atomic E-state index is 6.14. The van der Waals surface area contributed by atoms with Crippen LogP contribution in [0.5, 0.6) is 5.75 Å². The molecule has 1 unspecified atom stereocenters. The van der Waals surface area contributed by atoms with Crippen LogP contribution in [0.15, 0.2) is 24.3 Å². The predicted octanol–water partition coefficient (Wildman–Crippen LogP) is 3.57. The van der Waals surface area contributed by atoms with Gasteiger partial charge < -0.3 is 10.5 Å². The molecule has 5 heteroatoms. The van der Waals surface area contributed by atoms with E-state index in [0.717, 1.165) is 22.4 Å². The number of hydrogen-bond donors (Lipinski definition) is 1. The average Bonchev–Trinajstić information content (AvgIpc) is 3.01. The van der Waals surface area contributed by atoms with Gasteiger partial charge in [0.15, 0.2) is 11.9 Å². The molecule has 1 atom stereocenters. The fraction of sp³-hybridized carbons (Fsp3) is 0.250. The molecule has 0 saturated carbocycles. The Morgan fingerprint density at radius 2 is 2.05 bits per heavy atom. The van der Waals surface area contributed by atoms with Crippen LogP contribution in [0.2, 0.25) is 0 Å². The Kier molecular flexibility index (Phi) is 2.65. The highest BCUT2D eigenvalue weighted by Crippen LogP contribution is 2.38. The Morgan fingerprint density at radius 1 is 1.24 bits per heavy atom. The molecule has 2 aromatic heterocycles. The third-order valence-electron chi connectivity index (χ3n) is 4.01. The monoisotopic (exact) mass is 297 g/mol. The first-order valence-electron chi connectivity index (χ1n) is 6.91. The normalized spacial score (nSPS) is 17.0. The number of thiophene rings is 1. The number of nitrogens with zero attached hydrogens (tertiary/aromatic N) is 2. The number of anilines is 1. The van der Waals surface area contributed by atoms with Crippen molar-refractivity contribution in [3.63, 3.8) is 0 Å². The summed E-state index contributed by atoms with van der Waals surface area (Å²) in [6, 6.07) is 8.06. The van der Waals surface area contributed by atoms with Gasteiger partial charge >= 0.3 is 0 Å². The lowest BCUT2D eigenvalue weighted by Gasteiger charge is -2.10. The summed E-state index contributed by atoms with van der Waals surface area (Å²) in [4.78, 5) is 11.4. The summed E-state index contributed by atoms with van der Waals surface area (Å²) >= 11 is 1.66. The van der Waals surface area contributed by atoms with Crippen LogP contribution < -0.4 is 10.5 Å². The van der Waals surface area contributed by atoms with Crippen molar-refractivity contribution in [3.8, 4) is 5.75 Å². The molecule has 4 rings (SSSR count). The van der Waals surface area contributed by atoms with Gasteiger partial charge in [0.2, 0.25) is 0 Å². The van der Waals surface area contributed by atoms with E-state index < -0.39 is 0 Å². The number of rotatable bonds is 1. The van der Waals surface area contributed by atoms with Crippen LogP contribution in [0.1, 0.15) is 27.9 Å².